The second-order valence-electron chi connectivity index (χ2n) is 8.64. The number of epoxide rings is 1. The van der Waals surface area contributed by atoms with Crippen LogP contribution in [-0.2, 0) is 19.1 Å². The minimum absolute atomic E-state index is 0.0152. The molecule has 3 rings (SSSR count). The van der Waals surface area contributed by atoms with E-state index >= 15 is 0 Å². The topological polar surface area (TPSA) is 134 Å². The number of imide groups is 1. The zero-order valence-electron chi connectivity index (χ0n) is 17.7. The Hall–Kier alpha value is -2.07. The first-order valence-electron chi connectivity index (χ1n) is 10.9. The van der Waals surface area contributed by atoms with E-state index in [1.165, 1.54) is 4.90 Å². The van der Waals surface area contributed by atoms with Crippen LogP contribution in [0, 0.1) is 27.9 Å². The number of carbonyl (C=O) groups is 3. The molecule has 3 atom stereocenters. The summed E-state index contributed by atoms with van der Waals surface area (Å²) < 4.78 is 5.38. The van der Waals surface area contributed by atoms with Crippen LogP contribution in [0.5, 0.6) is 0 Å². The number of hydrogen-bond acceptors (Lipinski definition) is 7. The number of nitrogens with zero attached hydrogens (tertiary/aromatic N) is 2. The van der Waals surface area contributed by atoms with Crippen LogP contribution in [0.1, 0.15) is 52.4 Å². The van der Waals surface area contributed by atoms with Gasteiger partial charge in [-0.05, 0) is 45.1 Å². The molecule has 2 heterocycles. The molecule has 2 aliphatic heterocycles. The summed E-state index contributed by atoms with van der Waals surface area (Å²) in [6, 6.07) is -1.15. The van der Waals surface area contributed by atoms with Gasteiger partial charge in [0, 0.05) is 30.4 Å². The van der Waals surface area contributed by atoms with Gasteiger partial charge in [-0.3, -0.25) is 34.7 Å². The maximum absolute atomic E-state index is 12.9. The van der Waals surface area contributed by atoms with Gasteiger partial charge in [0.1, 0.15) is 11.6 Å². The van der Waals surface area contributed by atoms with Crippen LogP contribution in [0.25, 0.3) is 0 Å². The number of ether oxygens (including phenoxy) is 1. The maximum atomic E-state index is 12.9. The lowest BCUT2D eigenvalue weighted by molar-refractivity contribution is -0.531. The van der Waals surface area contributed by atoms with E-state index in [1.807, 2.05) is 13.8 Å². The van der Waals surface area contributed by atoms with E-state index in [0.29, 0.717) is 19.7 Å². The summed E-state index contributed by atoms with van der Waals surface area (Å²) in [4.78, 5) is 49.9. The molecule has 0 aromatic heterocycles. The molecule has 3 aliphatic rings. The summed E-state index contributed by atoms with van der Waals surface area (Å²) in [5.74, 6) is -1.54. The van der Waals surface area contributed by atoms with Gasteiger partial charge in [-0.2, -0.15) is 0 Å². The highest BCUT2D eigenvalue weighted by molar-refractivity contribution is 6.03. The number of nitrogens with one attached hydrogen (secondary N) is 2. The molecule has 10 nitrogen and oxygen atoms in total. The number of likely N-dealkylation sites (tertiary alicyclic amines) is 1. The summed E-state index contributed by atoms with van der Waals surface area (Å²) in [6.45, 7) is 5.64. The van der Waals surface area contributed by atoms with Crippen molar-refractivity contribution < 1.29 is 24.0 Å². The monoisotopic (exact) mass is 424 g/mol. The van der Waals surface area contributed by atoms with Gasteiger partial charge in [-0.25, -0.2) is 0 Å². The van der Waals surface area contributed by atoms with Gasteiger partial charge < -0.3 is 10.1 Å². The van der Waals surface area contributed by atoms with Crippen molar-refractivity contribution in [1.82, 2.24) is 15.5 Å². The van der Waals surface area contributed by atoms with Crippen molar-refractivity contribution in [3.63, 3.8) is 0 Å². The Labute approximate surface area is 176 Å². The van der Waals surface area contributed by atoms with Crippen LogP contribution >= 0.6 is 0 Å². The summed E-state index contributed by atoms with van der Waals surface area (Å²) in [7, 11) is 0. The van der Waals surface area contributed by atoms with E-state index in [2.05, 4.69) is 10.6 Å². The van der Waals surface area contributed by atoms with Crippen LogP contribution in [0.2, 0.25) is 0 Å². The molecule has 168 valence electrons. The summed E-state index contributed by atoms with van der Waals surface area (Å²) in [5.41, 5.74) is -0.749. The molecule has 0 bridgehead atoms. The quantitative estimate of drug-likeness (QED) is 0.228. The highest BCUT2D eigenvalue weighted by atomic mass is 16.6. The van der Waals surface area contributed by atoms with Crippen molar-refractivity contribution in [2.24, 2.45) is 17.8 Å². The summed E-state index contributed by atoms with van der Waals surface area (Å²) >= 11 is 0. The van der Waals surface area contributed by atoms with Crippen molar-refractivity contribution in [2.75, 3.05) is 26.2 Å². The average molecular weight is 424 g/mol. The van der Waals surface area contributed by atoms with E-state index in [4.69, 9.17) is 4.74 Å². The van der Waals surface area contributed by atoms with Crippen LogP contribution in [0.4, 0.5) is 0 Å². The largest absolute Gasteiger partial charge is 0.356 e. The number of nitro groups is 1. The van der Waals surface area contributed by atoms with E-state index < -0.39 is 28.5 Å². The van der Waals surface area contributed by atoms with Gasteiger partial charge in [0.2, 0.25) is 23.8 Å². The minimum atomic E-state index is -1.15. The molecule has 3 fully saturated rings. The van der Waals surface area contributed by atoms with Gasteiger partial charge in [-0.15, -0.1) is 0 Å². The van der Waals surface area contributed by atoms with Crippen LogP contribution < -0.4 is 10.6 Å². The number of rotatable bonds is 10. The standard InChI is InChI=1S/C20H32N4O6/c1-3-21-18(26)14-7-5-13(6-8-14)11-23-17(25)9-15(19(23)27)16(24(28)29)10-20(12-30-20)22-4-2/h13-16,22H,3-12H2,1-2H3,(H,21,26). The van der Waals surface area contributed by atoms with E-state index in [0.717, 1.165) is 25.7 Å². The van der Waals surface area contributed by atoms with Gasteiger partial charge in [-0.1, -0.05) is 6.92 Å². The van der Waals surface area contributed by atoms with E-state index in [1.54, 1.807) is 0 Å². The first kappa shape index (κ1) is 22.6. The fourth-order valence-corrected chi connectivity index (χ4v) is 4.79. The van der Waals surface area contributed by atoms with Crippen molar-refractivity contribution in [1.29, 1.82) is 0 Å². The van der Waals surface area contributed by atoms with E-state index in [9.17, 15) is 24.5 Å². The van der Waals surface area contributed by atoms with Crippen LogP contribution in [0.3, 0.4) is 0 Å². The fourth-order valence-electron chi connectivity index (χ4n) is 4.79. The molecular formula is C20H32N4O6. The molecule has 0 aromatic carbocycles. The third-order valence-corrected chi connectivity index (χ3v) is 6.55. The molecule has 0 radical (unpaired) electrons. The smallest absolute Gasteiger partial charge is 0.239 e. The first-order valence-corrected chi connectivity index (χ1v) is 10.9. The number of amides is 3. The molecule has 2 N–H and O–H groups in total. The minimum Gasteiger partial charge on any atom is -0.356 e. The summed E-state index contributed by atoms with van der Waals surface area (Å²) in [5, 5.41) is 17.6. The van der Waals surface area contributed by atoms with Crippen molar-refractivity contribution >= 4 is 17.7 Å². The lowest BCUT2D eigenvalue weighted by Crippen LogP contribution is -2.44. The molecule has 10 heteroatoms. The molecule has 1 aliphatic carbocycles. The Morgan fingerprint density at radius 2 is 1.93 bits per heavy atom. The van der Waals surface area contributed by atoms with Gasteiger partial charge >= 0.3 is 0 Å². The SMILES string of the molecule is CCNC(=O)C1CCC(CN2C(=O)CC(C(CC3(NCC)CO3)[N+](=O)[O-])C2=O)CC1. The highest BCUT2D eigenvalue weighted by Crippen LogP contribution is 2.36. The zero-order valence-corrected chi connectivity index (χ0v) is 17.7. The molecule has 3 amide bonds. The van der Waals surface area contributed by atoms with Crippen LogP contribution in [-0.4, -0.2) is 65.6 Å². The zero-order chi connectivity index (χ0) is 21.9. The van der Waals surface area contributed by atoms with Crippen molar-refractivity contribution in [3.8, 4) is 0 Å². The number of likely N-dealkylation sites (N-methyl/N-ethyl adjacent to an activating group) is 1. The Kier molecular flexibility index (Phi) is 7.07. The number of hydrogen-bond donors (Lipinski definition) is 2. The van der Waals surface area contributed by atoms with Gasteiger partial charge in [0.25, 0.3) is 0 Å². The molecule has 3 unspecified atom stereocenters. The van der Waals surface area contributed by atoms with Crippen molar-refractivity contribution in [3.05, 3.63) is 10.1 Å². The molecule has 0 spiro atoms. The molecular weight excluding hydrogens is 392 g/mol. The predicted molar refractivity (Wildman–Crippen MR) is 107 cm³/mol. The molecule has 2 saturated heterocycles. The third kappa shape index (κ3) is 4.97. The lowest BCUT2D eigenvalue weighted by atomic mass is 9.81. The average Bonchev–Trinajstić information content (AvgIpc) is 3.42. The highest BCUT2D eigenvalue weighted by Gasteiger charge is 2.55. The first-order chi connectivity index (χ1) is 14.3. The molecule has 1 saturated carbocycles. The van der Waals surface area contributed by atoms with Gasteiger partial charge in [0.05, 0.1) is 13.0 Å². The second kappa shape index (κ2) is 9.38. The Morgan fingerprint density at radius 1 is 1.27 bits per heavy atom. The maximum Gasteiger partial charge on any atom is 0.239 e. The van der Waals surface area contributed by atoms with Crippen molar-refractivity contribution in [2.45, 2.75) is 64.1 Å². The third-order valence-electron chi connectivity index (χ3n) is 6.55. The van der Waals surface area contributed by atoms with E-state index in [-0.39, 0.29) is 43.0 Å². The molecule has 0 aromatic rings. The fraction of sp³-hybridized carbons (Fsp3) is 0.850. The Bertz CT molecular complexity index is 687. The Balaban J connectivity index is 1.58. The van der Waals surface area contributed by atoms with Gasteiger partial charge in [0.15, 0.2) is 0 Å². The Morgan fingerprint density at radius 3 is 2.47 bits per heavy atom. The normalized spacial score (nSPS) is 32.2. The molecule has 30 heavy (non-hydrogen) atoms. The summed E-state index contributed by atoms with van der Waals surface area (Å²) in [6.07, 6.45) is 2.94. The lowest BCUT2D eigenvalue weighted by Gasteiger charge is -2.30. The predicted octanol–water partition coefficient (Wildman–Crippen LogP) is 0.675. The van der Waals surface area contributed by atoms with Crippen LogP contribution in [0.15, 0.2) is 0 Å². The number of carbonyl (C=O) groups excluding carboxylic acids is 3. The second-order valence-corrected chi connectivity index (χ2v) is 8.64.